The number of hydrogen-bond donors (Lipinski definition) is 1. The van der Waals surface area contributed by atoms with E-state index in [0.717, 1.165) is 37.3 Å². The highest BCUT2D eigenvalue weighted by atomic mass is 35.5. The third-order valence-corrected chi connectivity index (χ3v) is 4.60. The number of nitrogens with one attached hydrogen (secondary N) is 1. The zero-order valence-electron chi connectivity index (χ0n) is 12.1. The van der Waals surface area contributed by atoms with Crippen LogP contribution in [0.2, 0.25) is 5.02 Å². The number of methoxy groups -OCH3 is 1. The summed E-state index contributed by atoms with van der Waals surface area (Å²) >= 11 is 6.42. The van der Waals surface area contributed by atoms with Gasteiger partial charge in [-0.25, -0.2) is 0 Å². The van der Waals surface area contributed by atoms with Crippen LogP contribution in [0.25, 0.3) is 0 Å². The van der Waals surface area contributed by atoms with Crippen LogP contribution in [0.5, 0.6) is 0 Å². The summed E-state index contributed by atoms with van der Waals surface area (Å²) < 4.78 is 5.25. The maximum atomic E-state index is 6.42. The standard InChI is InChI=1S/C16H23ClN2O/c1-20-11-12-6-7-19(10-12)15-5-2-13(16(17)8-15)9-18-14-3-4-14/h2,5,8,12,14,18H,3-4,6-7,9-11H2,1H3. The Kier molecular flexibility index (Phi) is 4.49. The van der Waals surface area contributed by atoms with E-state index in [2.05, 4.69) is 28.4 Å². The van der Waals surface area contributed by atoms with Gasteiger partial charge in [0.15, 0.2) is 0 Å². The molecule has 3 rings (SSSR count). The van der Waals surface area contributed by atoms with Gasteiger partial charge in [-0.15, -0.1) is 0 Å². The van der Waals surface area contributed by atoms with Crippen LogP contribution in [-0.4, -0.2) is 32.8 Å². The van der Waals surface area contributed by atoms with Crippen molar-refractivity contribution >= 4 is 17.3 Å². The Morgan fingerprint density at radius 2 is 2.20 bits per heavy atom. The van der Waals surface area contributed by atoms with Gasteiger partial charge in [0.25, 0.3) is 0 Å². The van der Waals surface area contributed by atoms with Gasteiger partial charge in [-0.1, -0.05) is 17.7 Å². The molecule has 2 fully saturated rings. The van der Waals surface area contributed by atoms with Gasteiger partial charge in [0.2, 0.25) is 0 Å². The number of ether oxygens (including phenoxy) is 1. The Hall–Kier alpha value is -0.770. The summed E-state index contributed by atoms with van der Waals surface area (Å²) in [5.41, 5.74) is 2.44. The lowest BCUT2D eigenvalue weighted by molar-refractivity contribution is 0.161. The van der Waals surface area contributed by atoms with Crippen LogP contribution in [0.4, 0.5) is 5.69 Å². The molecule has 0 aromatic heterocycles. The van der Waals surface area contributed by atoms with E-state index in [0.29, 0.717) is 5.92 Å². The van der Waals surface area contributed by atoms with Crippen LogP contribution in [-0.2, 0) is 11.3 Å². The van der Waals surface area contributed by atoms with Gasteiger partial charge in [0.05, 0.1) is 6.61 Å². The number of rotatable bonds is 6. The summed E-state index contributed by atoms with van der Waals surface area (Å²) in [5.74, 6) is 0.648. The summed E-state index contributed by atoms with van der Waals surface area (Å²) in [6, 6.07) is 7.20. The summed E-state index contributed by atoms with van der Waals surface area (Å²) in [6.07, 6.45) is 3.82. The fraction of sp³-hybridized carbons (Fsp3) is 0.625. The second-order valence-electron chi connectivity index (χ2n) is 5.99. The lowest BCUT2D eigenvalue weighted by atomic mass is 10.1. The van der Waals surface area contributed by atoms with Gasteiger partial charge < -0.3 is 15.0 Å². The number of halogens is 1. The van der Waals surface area contributed by atoms with E-state index in [-0.39, 0.29) is 0 Å². The summed E-state index contributed by atoms with van der Waals surface area (Å²) in [5, 5.41) is 4.39. The Bertz CT molecular complexity index is 462. The quantitative estimate of drug-likeness (QED) is 0.873. The lowest BCUT2D eigenvalue weighted by Gasteiger charge is -2.20. The molecular weight excluding hydrogens is 272 g/mol. The van der Waals surface area contributed by atoms with Crippen LogP contribution in [0.3, 0.4) is 0 Å². The van der Waals surface area contributed by atoms with Gasteiger partial charge >= 0.3 is 0 Å². The van der Waals surface area contributed by atoms with Crippen LogP contribution in [0, 0.1) is 5.92 Å². The van der Waals surface area contributed by atoms with E-state index in [9.17, 15) is 0 Å². The van der Waals surface area contributed by atoms with E-state index in [1.807, 2.05) is 0 Å². The molecule has 1 aromatic carbocycles. The molecule has 1 aliphatic carbocycles. The number of nitrogens with zero attached hydrogens (tertiary/aromatic N) is 1. The Morgan fingerprint density at radius 1 is 1.35 bits per heavy atom. The van der Waals surface area contributed by atoms with Crippen molar-refractivity contribution in [3.63, 3.8) is 0 Å². The molecule has 0 bridgehead atoms. The summed E-state index contributed by atoms with van der Waals surface area (Å²) in [7, 11) is 1.78. The third-order valence-electron chi connectivity index (χ3n) is 4.25. The highest BCUT2D eigenvalue weighted by Crippen LogP contribution is 2.29. The normalized spacial score (nSPS) is 22.5. The topological polar surface area (TPSA) is 24.5 Å². The Morgan fingerprint density at radius 3 is 2.90 bits per heavy atom. The second-order valence-corrected chi connectivity index (χ2v) is 6.39. The van der Waals surface area contributed by atoms with Gasteiger partial charge in [0.1, 0.15) is 0 Å². The van der Waals surface area contributed by atoms with Crippen molar-refractivity contribution in [1.82, 2.24) is 5.32 Å². The maximum absolute atomic E-state index is 6.42. The van der Waals surface area contributed by atoms with Crippen molar-refractivity contribution in [2.24, 2.45) is 5.92 Å². The fourth-order valence-electron chi connectivity index (χ4n) is 2.86. The first kappa shape index (κ1) is 14.2. The third kappa shape index (κ3) is 3.46. The molecule has 110 valence electrons. The van der Waals surface area contributed by atoms with Gasteiger partial charge in [-0.3, -0.25) is 0 Å². The van der Waals surface area contributed by atoms with E-state index in [1.165, 1.54) is 30.5 Å². The van der Waals surface area contributed by atoms with Gasteiger partial charge in [0, 0.05) is 49.4 Å². The lowest BCUT2D eigenvalue weighted by Crippen LogP contribution is -2.21. The van der Waals surface area contributed by atoms with E-state index >= 15 is 0 Å². The molecular formula is C16H23ClN2O. The average molecular weight is 295 g/mol. The predicted molar refractivity (Wildman–Crippen MR) is 83.5 cm³/mol. The molecule has 0 radical (unpaired) electrons. The van der Waals surface area contributed by atoms with E-state index < -0.39 is 0 Å². The summed E-state index contributed by atoms with van der Waals surface area (Å²) in [6.45, 7) is 3.91. The van der Waals surface area contributed by atoms with Crippen LogP contribution in [0.1, 0.15) is 24.8 Å². The highest BCUT2D eigenvalue weighted by Gasteiger charge is 2.23. The fourth-order valence-corrected chi connectivity index (χ4v) is 3.10. The molecule has 0 spiro atoms. The van der Waals surface area contributed by atoms with Crippen LogP contribution < -0.4 is 10.2 Å². The van der Waals surface area contributed by atoms with Gasteiger partial charge in [-0.05, 0) is 37.0 Å². The molecule has 1 unspecified atom stereocenters. The predicted octanol–water partition coefficient (Wildman–Crippen LogP) is 3.06. The first-order chi connectivity index (χ1) is 9.76. The molecule has 1 saturated carbocycles. The zero-order chi connectivity index (χ0) is 13.9. The zero-order valence-corrected chi connectivity index (χ0v) is 12.8. The smallest absolute Gasteiger partial charge is 0.0508 e. The first-order valence-electron chi connectivity index (χ1n) is 7.52. The molecule has 20 heavy (non-hydrogen) atoms. The SMILES string of the molecule is COCC1CCN(c2ccc(CNC3CC3)c(Cl)c2)C1. The highest BCUT2D eigenvalue weighted by molar-refractivity contribution is 6.31. The van der Waals surface area contributed by atoms with Crippen molar-refractivity contribution in [2.75, 3.05) is 31.7 Å². The first-order valence-corrected chi connectivity index (χ1v) is 7.89. The van der Waals surface area contributed by atoms with Gasteiger partial charge in [-0.2, -0.15) is 0 Å². The molecule has 1 saturated heterocycles. The van der Waals surface area contributed by atoms with Crippen molar-refractivity contribution < 1.29 is 4.74 Å². The number of anilines is 1. The average Bonchev–Trinajstić information content (AvgIpc) is 3.16. The number of benzene rings is 1. The van der Waals surface area contributed by atoms with Crippen molar-refractivity contribution in [3.05, 3.63) is 28.8 Å². The Labute approximate surface area is 126 Å². The molecule has 0 amide bonds. The molecule has 1 N–H and O–H groups in total. The van der Waals surface area contributed by atoms with E-state index in [1.54, 1.807) is 7.11 Å². The van der Waals surface area contributed by atoms with Crippen molar-refractivity contribution in [1.29, 1.82) is 0 Å². The number of hydrogen-bond acceptors (Lipinski definition) is 3. The molecule has 1 aliphatic heterocycles. The van der Waals surface area contributed by atoms with E-state index in [4.69, 9.17) is 16.3 Å². The van der Waals surface area contributed by atoms with Crippen LogP contribution >= 0.6 is 11.6 Å². The molecule has 2 aliphatic rings. The molecule has 1 heterocycles. The Balaban J connectivity index is 1.61. The van der Waals surface area contributed by atoms with Crippen molar-refractivity contribution in [2.45, 2.75) is 31.8 Å². The minimum absolute atomic E-state index is 0.648. The summed E-state index contributed by atoms with van der Waals surface area (Å²) in [4.78, 5) is 2.41. The molecule has 4 heteroatoms. The second kappa shape index (κ2) is 6.33. The van der Waals surface area contributed by atoms with Crippen LogP contribution in [0.15, 0.2) is 18.2 Å². The largest absolute Gasteiger partial charge is 0.384 e. The monoisotopic (exact) mass is 294 g/mol. The molecule has 1 aromatic rings. The maximum Gasteiger partial charge on any atom is 0.0508 e. The minimum Gasteiger partial charge on any atom is -0.384 e. The molecule has 3 nitrogen and oxygen atoms in total. The minimum atomic E-state index is 0.648. The molecule has 1 atom stereocenters. The van der Waals surface area contributed by atoms with Crippen molar-refractivity contribution in [3.8, 4) is 0 Å².